The van der Waals surface area contributed by atoms with Crippen LogP contribution in [0.4, 0.5) is 0 Å². The largest absolute Gasteiger partial charge is 0.384 e. The lowest BCUT2D eigenvalue weighted by Crippen LogP contribution is -2.50. The predicted molar refractivity (Wildman–Crippen MR) is 92.1 cm³/mol. The second-order valence-electron chi connectivity index (χ2n) is 7.27. The number of amides is 1. The van der Waals surface area contributed by atoms with Crippen molar-refractivity contribution in [3.63, 3.8) is 0 Å². The van der Waals surface area contributed by atoms with E-state index in [2.05, 4.69) is 4.98 Å². The van der Waals surface area contributed by atoms with Crippen LogP contribution in [0.25, 0.3) is 0 Å². The van der Waals surface area contributed by atoms with Crippen LogP contribution in [0.15, 0.2) is 12.1 Å². The third kappa shape index (κ3) is 3.47. The summed E-state index contributed by atoms with van der Waals surface area (Å²) in [6.45, 7) is 7.87. The number of hydrogen-bond acceptors (Lipinski definition) is 4. The lowest BCUT2D eigenvalue weighted by molar-refractivity contribution is -0.0912. The number of nitrogens with zero attached hydrogens (tertiary/aromatic N) is 2. The highest BCUT2D eigenvalue weighted by atomic mass is 16.5. The molecule has 2 saturated heterocycles. The van der Waals surface area contributed by atoms with Crippen molar-refractivity contribution < 1.29 is 14.3 Å². The molecule has 0 N–H and O–H groups in total. The van der Waals surface area contributed by atoms with Crippen LogP contribution < -0.4 is 0 Å². The Morgan fingerprint density at radius 3 is 2.58 bits per heavy atom. The highest BCUT2D eigenvalue weighted by Gasteiger charge is 2.44. The van der Waals surface area contributed by atoms with Gasteiger partial charge in [-0.2, -0.15) is 0 Å². The zero-order valence-corrected chi connectivity index (χ0v) is 15.0. The van der Waals surface area contributed by atoms with Crippen molar-refractivity contribution in [2.45, 2.75) is 33.1 Å². The number of rotatable bonds is 3. The summed E-state index contributed by atoms with van der Waals surface area (Å²) >= 11 is 0. The molecular formula is C19H28N2O3. The molecule has 2 aliphatic heterocycles. The Labute approximate surface area is 144 Å². The van der Waals surface area contributed by atoms with E-state index in [1.54, 1.807) is 7.11 Å². The fourth-order valence-corrected chi connectivity index (χ4v) is 4.26. The number of carbonyl (C=O) groups is 1. The number of piperidine rings is 1. The Morgan fingerprint density at radius 2 is 1.96 bits per heavy atom. The number of hydrogen-bond donors (Lipinski definition) is 0. The molecule has 132 valence electrons. The molecule has 3 rings (SSSR count). The van der Waals surface area contributed by atoms with Gasteiger partial charge >= 0.3 is 0 Å². The van der Waals surface area contributed by atoms with Crippen molar-refractivity contribution in [1.29, 1.82) is 0 Å². The first-order valence-corrected chi connectivity index (χ1v) is 8.85. The van der Waals surface area contributed by atoms with Crippen LogP contribution in [0.5, 0.6) is 0 Å². The molecule has 0 aliphatic carbocycles. The summed E-state index contributed by atoms with van der Waals surface area (Å²) < 4.78 is 11.1. The maximum Gasteiger partial charge on any atom is 0.253 e. The maximum atomic E-state index is 12.8. The molecule has 5 nitrogen and oxygen atoms in total. The molecule has 5 heteroatoms. The summed E-state index contributed by atoms with van der Waals surface area (Å²) in [5, 5.41) is 0. The van der Waals surface area contributed by atoms with Gasteiger partial charge in [-0.3, -0.25) is 9.78 Å². The Balaban J connectivity index is 1.68. The maximum absolute atomic E-state index is 12.8. The van der Waals surface area contributed by atoms with Crippen LogP contribution >= 0.6 is 0 Å². The monoisotopic (exact) mass is 332 g/mol. The lowest BCUT2D eigenvalue weighted by Gasteiger charge is -2.48. The van der Waals surface area contributed by atoms with Gasteiger partial charge in [0.15, 0.2) is 0 Å². The Bertz CT molecular complexity index is 572. The fraction of sp³-hybridized carbons (Fsp3) is 0.684. The van der Waals surface area contributed by atoms with E-state index in [1.165, 1.54) is 0 Å². The van der Waals surface area contributed by atoms with E-state index in [9.17, 15) is 4.79 Å². The van der Waals surface area contributed by atoms with Gasteiger partial charge in [-0.25, -0.2) is 0 Å². The van der Waals surface area contributed by atoms with Crippen LogP contribution in [-0.2, 0) is 9.47 Å². The average molecular weight is 332 g/mol. The summed E-state index contributed by atoms with van der Waals surface area (Å²) in [7, 11) is 1.76. The van der Waals surface area contributed by atoms with E-state index >= 15 is 0 Å². The Hall–Kier alpha value is -1.46. The molecule has 1 spiro atoms. The zero-order chi connectivity index (χ0) is 17.2. The van der Waals surface area contributed by atoms with E-state index in [4.69, 9.17) is 9.47 Å². The molecule has 24 heavy (non-hydrogen) atoms. The van der Waals surface area contributed by atoms with E-state index in [-0.39, 0.29) is 11.3 Å². The van der Waals surface area contributed by atoms with Crippen LogP contribution in [0.1, 0.15) is 41.0 Å². The number of aromatic nitrogens is 1. The van der Waals surface area contributed by atoms with Gasteiger partial charge in [0, 0.05) is 49.7 Å². The van der Waals surface area contributed by atoms with Crippen molar-refractivity contribution in [2.75, 3.05) is 40.0 Å². The van der Waals surface area contributed by atoms with Crippen molar-refractivity contribution in [3.05, 3.63) is 29.1 Å². The van der Waals surface area contributed by atoms with Gasteiger partial charge in [-0.05, 0) is 50.7 Å². The molecule has 0 aromatic carbocycles. The van der Waals surface area contributed by atoms with Crippen molar-refractivity contribution in [1.82, 2.24) is 9.88 Å². The number of carbonyl (C=O) groups excluding carboxylic acids is 1. The number of pyridine rings is 1. The van der Waals surface area contributed by atoms with Gasteiger partial charge in [0.05, 0.1) is 13.2 Å². The molecule has 1 aromatic heterocycles. The lowest BCUT2D eigenvalue weighted by atomic mass is 9.66. The van der Waals surface area contributed by atoms with Gasteiger partial charge in [-0.15, -0.1) is 0 Å². The molecule has 1 aromatic rings. The van der Waals surface area contributed by atoms with Crippen LogP contribution in [0.2, 0.25) is 0 Å². The van der Waals surface area contributed by atoms with E-state index < -0.39 is 0 Å². The number of ether oxygens (including phenoxy) is 2. The summed E-state index contributed by atoms with van der Waals surface area (Å²) in [6, 6.07) is 3.78. The van der Waals surface area contributed by atoms with Gasteiger partial charge < -0.3 is 14.4 Å². The van der Waals surface area contributed by atoms with Crippen LogP contribution in [0, 0.1) is 25.2 Å². The molecule has 1 atom stereocenters. The summed E-state index contributed by atoms with van der Waals surface area (Å²) in [5.74, 6) is 0.577. The quantitative estimate of drug-likeness (QED) is 0.854. The summed E-state index contributed by atoms with van der Waals surface area (Å²) in [5.41, 5.74) is 2.83. The average Bonchev–Trinajstić information content (AvgIpc) is 2.56. The first kappa shape index (κ1) is 17.4. The number of aryl methyl sites for hydroxylation is 2. The Morgan fingerprint density at radius 1 is 1.29 bits per heavy atom. The normalized spacial score (nSPS) is 23.5. The SMILES string of the molecule is COC[C@@H]1COCCC12CCN(C(=O)c1cc(C)nc(C)c1)CC2. The topological polar surface area (TPSA) is 51.7 Å². The van der Waals surface area contributed by atoms with Crippen LogP contribution in [-0.4, -0.2) is 55.8 Å². The first-order chi connectivity index (χ1) is 11.5. The smallest absolute Gasteiger partial charge is 0.253 e. The van der Waals surface area contributed by atoms with Gasteiger partial charge in [-0.1, -0.05) is 0 Å². The first-order valence-electron chi connectivity index (χ1n) is 8.85. The molecular weight excluding hydrogens is 304 g/mol. The van der Waals surface area contributed by atoms with E-state index in [0.29, 0.717) is 5.92 Å². The fourth-order valence-electron chi connectivity index (χ4n) is 4.26. The standard InChI is InChI=1S/C19H28N2O3/c1-14-10-16(11-15(2)20-14)18(22)21-7-4-19(5-8-21)6-9-24-13-17(19)12-23-3/h10-11,17H,4-9,12-13H2,1-3H3/t17-/m1/s1. The third-order valence-electron chi connectivity index (χ3n) is 5.67. The van der Waals surface area contributed by atoms with Gasteiger partial charge in [0.25, 0.3) is 5.91 Å². The van der Waals surface area contributed by atoms with Crippen molar-refractivity contribution in [2.24, 2.45) is 11.3 Å². The second kappa shape index (κ2) is 7.19. The van der Waals surface area contributed by atoms with Gasteiger partial charge in [0.1, 0.15) is 0 Å². The van der Waals surface area contributed by atoms with E-state index in [1.807, 2.05) is 30.9 Å². The minimum atomic E-state index is 0.133. The second-order valence-corrected chi connectivity index (χ2v) is 7.27. The minimum absolute atomic E-state index is 0.133. The molecule has 0 unspecified atom stereocenters. The predicted octanol–water partition coefficient (Wildman–Crippen LogP) is 2.60. The number of methoxy groups -OCH3 is 1. The third-order valence-corrected chi connectivity index (χ3v) is 5.67. The summed E-state index contributed by atoms with van der Waals surface area (Å²) in [6.07, 6.45) is 3.16. The molecule has 0 bridgehead atoms. The van der Waals surface area contributed by atoms with E-state index in [0.717, 1.165) is 69.1 Å². The summed E-state index contributed by atoms with van der Waals surface area (Å²) in [4.78, 5) is 19.2. The molecule has 0 radical (unpaired) electrons. The minimum Gasteiger partial charge on any atom is -0.384 e. The molecule has 0 saturated carbocycles. The highest BCUT2D eigenvalue weighted by Crippen LogP contribution is 2.44. The van der Waals surface area contributed by atoms with Crippen LogP contribution in [0.3, 0.4) is 0 Å². The molecule has 3 heterocycles. The number of likely N-dealkylation sites (tertiary alicyclic amines) is 1. The van der Waals surface area contributed by atoms with Gasteiger partial charge in [0.2, 0.25) is 0 Å². The van der Waals surface area contributed by atoms with Crippen molar-refractivity contribution in [3.8, 4) is 0 Å². The molecule has 2 fully saturated rings. The zero-order valence-electron chi connectivity index (χ0n) is 15.0. The highest BCUT2D eigenvalue weighted by molar-refractivity contribution is 5.94. The Kier molecular flexibility index (Phi) is 5.21. The molecule has 2 aliphatic rings. The molecule has 1 amide bonds. The van der Waals surface area contributed by atoms with Crippen molar-refractivity contribution >= 4 is 5.91 Å².